The van der Waals surface area contributed by atoms with Gasteiger partial charge in [-0.1, -0.05) is 0 Å². The Morgan fingerprint density at radius 1 is 1.15 bits per heavy atom. The highest BCUT2D eigenvalue weighted by Crippen LogP contribution is 2.36. The molecule has 3 N–H and O–H groups in total. The number of aryl methyl sites for hydroxylation is 2. The number of hydrogen-bond donors (Lipinski definition) is 2. The predicted octanol–water partition coefficient (Wildman–Crippen LogP) is 2.24. The van der Waals surface area contributed by atoms with E-state index in [1.54, 1.807) is 42.0 Å². The molecule has 0 unspecified atom stereocenters. The van der Waals surface area contributed by atoms with Crippen molar-refractivity contribution in [1.29, 1.82) is 0 Å². The van der Waals surface area contributed by atoms with Gasteiger partial charge in [0.1, 0.15) is 11.5 Å². The normalized spacial score (nSPS) is 12.8. The number of benzene rings is 2. The van der Waals surface area contributed by atoms with E-state index in [0.29, 0.717) is 22.8 Å². The van der Waals surface area contributed by atoms with Gasteiger partial charge in [-0.05, 0) is 66.8 Å². The second-order valence-electron chi connectivity index (χ2n) is 6.24. The average molecular weight is 350 g/mol. The summed E-state index contributed by atoms with van der Waals surface area (Å²) < 4.78 is 6.73. The summed E-state index contributed by atoms with van der Waals surface area (Å²) in [5.41, 5.74) is 8.99. The Bertz CT molecular complexity index is 993. The summed E-state index contributed by atoms with van der Waals surface area (Å²) in [6.45, 7) is 0. The highest BCUT2D eigenvalue weighted by atomic mass is 16.5. The quantitative estimate of drug-likeness (QED) is 0.751. The molecule has 0 bridgehead atoms. The number of rotatable bonds is 4. The molecule has 0 saturated carbocycles. The van der Waals surface area contributed by atoms with E-state index < -0.39 is 5.91 Å². The van der Waals surface area contributed by atoms with E-state index in [2.05, 4.69) is 10.2 Å². The molecule has 132 valence electrons. The lowest BCUT2D eigenvalue weighted by atomic mass is 10.0. The fourth-order valence-corrected chi connectivity index (χ4v) is 3.38. The van der Waals surface area contributed by atoms with Gasteiger partial charge in [-0.15, -0.1) is 10.2 Å². The third-order valence-electron chi connectivity index (χ3n) is 4.67. The summed E-state index contributed by atoms with van der Waals surface area (Å²) in [6.07, 6.45) is 2.98. The number of phenols is 1. The number of aromatic hydroxyl groups is 1. The summed E-state index contributed by atoms with van der Waals surface area (Å²) in [7, 11) is 1.58. The van der Waals surface area contributed by atoms with Crippen LogP contribution in [0.5, 0.6) is 11.5 Å². The maximum Gasteiger partial charge on any atom is 0.287 e. The molecule has 1 aliphatic rings. The number of primary amides is 1. The minimum Gasteiger partial charge on any atom is -0.507 e. The number of methoxy groups -OCH3 is 1. The average Bonchev–Trinajstić information content (AvgIpc) is 3.27. The molecule has 1 aliphatic carbocycles. The van der Waals surface area contributed by atoms with E-state index in [9.17, 15) is 9.90 Å². The van der Waals surface area contributed by atoms with Gasteiger partial charge in [0.15, 0.2) is 5.82 Å². The van der Waals surface area contributed by atoms with Crippen LogP contribution in [0.2, 0.25) is 0 Å². The van der Waals surface area contributed by atoms with Crippen molar-refractivity contribution in [3.05, 3.63) is 53.3 Å². The number of fused-ring (bicyclic) bond motifs is 1. The number of hydrogen-bond acceptors (Lipinski definition) is 5. The van der Waals surface area contributed by atoms with E-state index in [1.807, 2.05) is 6.07 Å². The van der Waals surface area contributed by atoms with Crippen LogP contribution in [0.3, 0.4) is 0 Å². The van der Waals surface area contributed by atoms with Crippen molar-refractivity contribution >= 4 is 5.91 Å². The Balaban J connectivity index is 1.91. The Kier molecular flexibility index (Phi) is 3.84. The molecule has 0 spiro atoms. The lowest BCUT2D eigenvalue weighted by molar-refractivity contribution is 0.0988. The number of nitrogens with two attached hydrogens (primary N) is 1. The van der Waals surface area contributed by atoms with Crippen molar-refractivity contribution in [3.63, 3.8) is 0 Å². The van der Waals surface area contributed by atoms with Gasteiger partial charge in [0.2, 0.25) is 5.82 Å². The van der Waals surface area contributed by atoms with Crippen LogP contribution in [-0.4, -0.2) is 32.9 Å². The largest absolute Gasteiger partial charge is 0.507 e. The number of aromatic nitrogens is 3. The highest BCUT2D eigenvalue weighted by Gasteiger charge is 2.23. The number of nitrogens with zero attached hydrogens (tertiary/aromatic N) is 3. The predicted molar refractivity (Wildman–Crippen MR) is 95.6 cm³/mol. The lowest BCUT2D eigenvalue weighted by Gasteiger charge is -2.12. The molecule has 4 rings (SSSR count). The summed E-state index contributed by atoms with van der Waals surface area (Å²) in [4.78, 5) is 11.8. The smallest absolute Gasteiger partial charge is 0.287 e. The van der Waals surface area contributed by atoms with Crippen LogP contribution in [0.25, 0.3) is 17.1 Å². The molecule has 0 atom stereocenters. The van der Waals surface area contributed by atoms with Crippen molar-refractivity contribution in [2.45, 2.75) is 19.3 Å². The Hall–Kier alpha value is -3.35. The standard InChI is InChI=1S/C19H18N4O3/c1-26-14-7-5-13(6-8-14)23-18(21-22-19(23)17(20)25)15-9-11-3-2-4-12(11)10-16(15)24/h5-10,24H,2-4H2,1H3,(H2,20,25). The van der Waals surface area contributed by atoms with E-state index in [0.717, 1.165) is 24.8 Å². The summed E-state index contributed by atoms with van der Waals surface area (Å²) >= 11 is 0. The molecule has 1 amide bonds. The van der Waals surface area contributed by atoms with Crippen LogP contribution >= 0.6 is 0 Å². The Labute approximate surface area is 150 Å². The second-order valence-corrected chi connectivity index (χ2v) is 6.24. The molecule has 3 aromatic rings. The number of amides is 1. The third kappa shape index (κ3) is 2.57. The van der Waals surface area contributed by atoms with Crippen LogP contribution < -0.4 is 10.5 Å². The zero-order chi connectivity index (χ0) is 18.3. The van der Waals surface area contributed by atoms with Crippen molar-refractivity contribution in [2.75, 3.05) is 7.11 Å². The van der Waals surface area contributed by atoms with Gasteiger partial charge in [-0.3, -0.25) is 9.36 Å². The van der Waals surface area contributed by atoms with Crippen molar-refractivity contribution in [1.82, 2.24) is 14.8 Å². The molecule has 1 aromatic heterocycles. The number of ether oxygens (including phenoxy) is 1. The van der Waals surface area contributed by atoms with E-state index in [-0.39, 0.29) is 11.6 Å². The van der Waals surface area contributed by atoms with Gasteiger partial charge in [0.05, 0.1) is 12.7 Å². The zero-order valence-electron chi connectivity index (χ0n) is 14.3. The van der Waals surface area contributed by atoms with E-state index in [1.165, 1.54) is 5.56 Å². The first-order valence-corrected chi connectivity index (χ1v) is 8.33. The first-order valence-electron chi connectivity index (χ1n) is 8.33. The summed E-state index contributed by atoms with van der Waals surface area (Å²) in [5.74, 6) is 0.481. The van der Waals surface area contributed by atoms with Crippen LogP contribution in [0.4, 0.5) is 0 Å². The van der Waals surface area contributed by atoms with Crippen LogP contribution in [0.15, 0.2) is 36.4 Å². The topological polar surface area (TPSA) is 103 Å². The van der Waals surface area contributed by atoms with Gasteiger partial charge >= 0.3 is 0 Å². The van der Waals surface area contributed by atoms with Gasteiger partial charge in [-0.25, -0.2) is 0 Å². The van der Waals surface area contributed by atoms with Crippen LogP contribution in [-0.2, 0) is 12.8 Å². The summed E-state index contributed by atoms with van der Waals surface area (Å²) in [6, 6.07) is 10.8. The van der Waals surface area contributed by atoms with Crippen LogP contribution in [0, 0.1) is 0 Å². The minimum atomic E-state index is -0.694. The van der Waals surface area contributed by atoms with Crippen molar-refractivity contribution in [2.24, 2.45) is 5.73 Å². The SMILES string of the molecule is COc1ccc(-n2c(C(N)=O)nnc2-c2cc3c(cc2O)CCC3)cc1. The minimum absolute atomic E-state index is 0.00469. The molecule has 0 saturated heterocycles. The Morgan fingerprint density at radius 3 is 2.50 bits per heavy atom. The lowest BCUT2D eigenvalue weighted by Crippen LogP contribution is -2.17. The highest BCUT2D eigenvalue weighted by molar-refractivity contribution is 5.90. The molecule has 2 aromatic carbocycles. The second kappa shape index (κ2) is 6.18. The molecule has 7 nitrogen and oxygen atoms in total. The third-order valence-corrected chi connectivity index (χ3v) is 4.67. The van der Waals surface area contributed by atoms with E-state index in [4.69, 9.17) is 10.5 Å². The first-order chi connectivity index (χ1) is 12.6. The molecule has 0 aliphatic heterocycles. The molecule has 0 radical (unpaired) electrons. The number of carbonyl (C=O) groups is 1. The first kappa shape index (κ1) is 16.1. The maximum atomic E-state index is 11.8. The zero-order valence-corrected chi connectivity index (χ0v) is 14.3. The monoisotopic (exact) mass is 350 g/mol. The van der Waals surface area contributed by atoms with Gasteiger partial charge < -0.3 is 15.6 Å². The molecule has 1 heterocycles. The molecule has 7 heteroatoms. The fraction of sp³-hybridized carbons (Fsp3) is 0.211. The fourth-order valence-electron chi connectivity index (χ4n) is 3.38. The van der Waals surface area contributed by atoms with Gasteiger partial charge in [0.25, 0.3) is 5.91 Å². The molecule has 26 heavy (non-hydrogen) atoms. The Morgan fingerprint density at radius 2 is 1.85 bits per heavy atom. The van der Waals surface area contributed by atoms with Crippen molar-refractivity contribution < 1.29 is 14.6 Å². The molecular formula is C19H18N4O3. The number of carbonyl (C=O) groups excluding carboxylic acids is 1. The van der Waals surface area contributed by atoms with Crippen molar-refractivity contribution in [3.8, 4) is 28.6 Å². The van der Waals surface area contributed by atoms with E-state index >= 15 is 0 Å². The summed E-state index contributed by atoms with van der Waals surface area (Å²) in [5, 5.41) is 18.6. The maximum absolute atomic E-state index is 11.8. The van der Waals surface area contributed by atoms with Gasteiger partial charge in [0, 0.05) is 5.69 Å². The van der Waals surface area contributed by atoms with Crippen LogP contribution in [0.1, 0.15) is 28.2 Å². The molecular weight excluding hydrogens is 332 g/mol. The number of phenolic OH excluding ortho intramolecular Hbond substituents is 1. The molecule has 0 fully saturated rings. The van der Waals surface area contributed by atoms with Gasteiger partial charge in [-0.2, -0.15) is 0 Å².